The Balaban J connectivity index is 1.67. The van der Waals surface area contributed by atoms with E-state index in [1.165, 1.54) is 5.56 Å². The summed E-state index contributed by atoms with van der Waals surface area (Å²) in [5.41, 5.74) is 6.90. The Kier molecular flexibility index (Phi) is 6.21. The van der Waals surface area contributed by atoms with Gasteiger partial charge in [0.2, 0.25) is 5.91 Å². The largest absolute Gasteiger partial charge is 0.373 e. The number of piperidine rings is 1. The highest BCUT2D eigenvalue weighted by molar-refractivity contribution is 5.76. The number of rotatable bonds is 6. The summed E-state index contributed by atoms with van der Waals surface area (Å²) in [6.07, 6.45) is 3.45. The molecular weight excluding hydrogens is 264 g/mol. The van der Waals surface area contributed by atoms with Gasteiger partial charge in [-0.25, -0.2) is 0 Å². The van der Waals surface area contributed by atoms with Gasteiger partial charge in [0, 0.05) is 25.6 Å². The van der Waals surface area contributed by atoms with Crippen LogP contribution in [0.15, 0.2) is 30.3 Å². The van der Waals surface area contributed by atoms with Gasteiger partial charge >= 0.3 is 0 Å². The summed E-state index contributed by atoms with van der Waals surface area (Å²) in [6, 6.07) is 10.3. The Bertz CT molecular complexity index is 426. The Hall–Kier alpha value is -1.39. The molecule has 0 aliphatic carbocycles. The number of hydrogen-bond acceptors (Lipinski definition) is 3. The standard InChI is InChI=1S/C17H26N2O2/c1-14(18)7-8-17(20)19-11-9-16(10-12-19)21-13-15-5-3-2-4-6-15/h2-6,14,16H,7-13,18H2,1H3. The molecule has 1 atom stereocenters. The summed E-state index contributed by atoms with van der Waals surface area (Å²) in [4.78, 5) is 14.0. The normalized spacial score (nSPS) is 17.7. The fourth-order valence-electron chi connectivity index (χ4n) is 2.57. The van der Waals surface area contributed by atoms with Gasteiger partial charge in [0.25, 0.3) is 0 Å². The van der Waals surface area contributed by atoms with Gasteiger partial charge in [-0.3, -0.25) is 4.79 Å². The number of hydrogen-bond donors (Lipinski definition) is 1. The van der Waals surface area contributed by atoms with E-state index in [0.29, 0.717) is 13.0 Å². The van der Waals surface area contributed by atoms with E-state index in [4.69, 9.17) is 10.5 Å². The molecule has 2 rings (SSSR count). The fourth-order valence-corrected chi connectivity index (χ4v) is 2.57. The van der Waals surface area contributed by atoms with Crippen LogP contribution in [-0.2, 0) is 16.1 Å². The number of nitrogens with zero attached hydrogens (tertiary/aromatic N) is 1. The maximum atomic E-state index is 12.0. The molecule has 0 radical (unpaired) electrons. The number of likely N-dealkylation sites (tertiary alicyclic amines) is 1. The van der Waals surface area contributed by atoms with Crippen molar-refractivity contribution in [1.82, 2.24) is 4.90 Å². The molecule has 1 aromatic rings. The van der Waals surface area contributed by atoms with Crippen molar-refractivity contribution in [3.05, 3.63) is 35.9 Å². The second-order valence-electron chi connectivity index (χ2n) is 5.89. The molecular formula is C17H26N2O2. The quantitative estimate of drug-likeness (QED) is 0.875. The molecule has 21 heavy (non-hydrogen) atoms. The molecule has 1 aliphatic rings. The van der Waals surface area contributed by atoms with E-state index in [1.807, 2.05) is 30.0 Å². The first-order chi connectivity index (χ1) is 10.1. The number of ether oxygens (including phenoxy) is 1. The summed E-state index contributed by atoms with van der Waals surface area (Å²) in [7, 11) is 0. The molecule has 0 saturated carbocycles. The van der Waals surface area contributed by atoms with Gasteiger partial charge in [0.1, 0.15) is 0 Å². The highest BCUT2D eigenvalue weighted by Crippen LogP contribution is 2.16. The first-order valence-corrected chi connectivity index (χ1v) is 7.84. The van der Waals surface area contributed by atoms with Crippen molar-refractivity contribution < 1.29 is 9.53 Å². The van der Waals surface area contributed by atoms with Crippen molar-refractivity contribution in [2.24, 2.45) is 5.73 Å². The topological polar surface area (TPSA) is 55.6 Å². The van der Waals surface area contributed by atoms with Crippen LogP contribution in [-0.4, -0.2) is 36.0 Å². The lowest BCUT2D eigenvalue weighted by Gasteiger charge is -2.32. The summed E-state index contributed by atoms with van der Waals surface area (Å²) in [5.74, 6) is 0.230. The van der Waals surface area contributed by atoms with Crippen LogP contribution in [0.1, 0.15) is 38.2 Å². The Morgan fingerprint density at radius 3 is 2.62 bits per heavy atom. The first-order valence-electron chi connectivity index (χ1n) is 7.84. The molecule has 1 aromatic carbocycles. The van der Waals surface area contributed by atoms with Gasteiger partial charge in [-0.15, -0.1) is 0 Å². The highest BCUT2D eigenvalue weighted by Gasteiger charge is 2.23. The summed E-state index contributed by atoms with van der Waals surface area (Å²) >= 11 is 0. The van der Waals surface area contributed by atoms with Crippen molar-refractivity contribution >= 4 is 5.91 Å². The molecule has 1 aliphatic heterocycles. The highest BCUT2D eigenvalue weighted by atomic mass is 16.5. The van der Waals surface area contributed by atoms with Crippen LogP contribution in [0.5, 0.6) is 0 Å². The molecule has 4 heteroatoms. The Labute approximate surface area is 127 Å². The van der Waals surface area contributed by atoms with Crippen LogP contribution in [0.25, 0.3) is 0 Å². The third-order valence-electron chi connectivity index (χ3n) is 3.94. The van der Waals surface area contributed by atoms with Crippen LogP contribution in [0.4, 0.5) is 0 Å². The maximum Gasteiger partial charge on any atom is 0.222 e. The number of amides is 1. The van der Waals surface area contributed by atoms with Crippen LogP contribution in [0.3, 0.4) is 0 Å². The summed E-state index contributed by atoms with van der Waals surface area (Å²) in [6.45, 7) is 4.20. The Morgan fingerprint density at radius 1 is 1.33 bits per heavy atom. The zero-order valence-electron chi connectivity index (χ0n) is 12.8. The van der Waals surface area contributed by atoms with Crippen molar-refractivity contribution in [3.8, 4) is 0 Å². The van der Waals surface area contributed by atoms with E-state index in [1.54, 1.807) is 0 Å². The number of benzene rings is 1. The Morgan fingerprint density at radius 2 is 2.00 bits per heavy atom. The molecule has 4 nitrogen and oxygen atoms in total. The zero-order valence-corrected chi connectivity index (χ0v) is 12.8. The predicted octanol–water partition coefficient (Wildman–Crippen LogP) is 2.32. The first kappa shape index (κ1) is 16.0. The van der Waals surface area contributed by atoms with E-state index in [-0.39, 0.29) is 18.1 Å². The van der Waals surface area contributed by atoms with Gasteiger partial charge in [0.15, 0.2) is 0 Å². The number of carbonyl (C=O) groups is 1. The van der Waals surface area contributed by atoms with Gasteiger partial charge < -0.3 is 15.4 Å². The van der Waals surface area contributed by atoms with Crippen LogP contribution >= 0.6 is 0 Å². The molecule has 1 unspecified atom stereocenters. The predicted molar refractivity (Wildman–Crippen MR) is 83.7 cm³/mol. The molecule has 1 heterocycles. The van der Waals surface area contributed by atoms with E-state index in [9.17, 15) is 4.79 Å². The van der Waals surface area contributed by atoms with Crippen LogP contribution < -0.4 is 5.73 Å². The molecule has 116 valence electrons. The van der Waals surface area contributed by atoms with Crippen molar-refractivity contribution in [2.45, 2.75) is 51.4 Å². The van der Waals surface area contributed by atoms with Crippen molar-refractivity contribution in [2.75, 3.05) is 13.1 Å². The third-order valence-corrected chi connectivity index (χ3v) is 3.94. The van der Waals surface area contributed by atoms with Crippen molar-refractivity contribution in [3.63, 3.8) is 0 Å². The minimum absolute atomic E-state index is 0.0979. The summed E-state index contributed by atoms with van der Waals surface area (Å²) < 4.78 is 5.94. The SMILES string of the molecule is CC(N)CCC(=O)N1CCC(OCc2ccccc2)CC1. The van der Waals surface area contributed by atoms with E-state index in [2.05, 4.69) is 12.1 Å². The minimum atomic E-state index is 0.0979. The average Bonchev–Trinajstić information content (AvgIpc) is 2.52. The molecule has 1 amide bonds. The maximum absolute atomic E-state index is 12.0. The lowest BCUT2D eigenvalue weighted by molar-refractivity contribution is -0.134. The molecule has 0 aromatic heterocycles. The van der Waals surface area contributed by atoms with Crippen molar-refractivity contribution in [1.29, 1.82) is 0 Å². The zero-order chi connectivity index (χ0) is 15.1. The number of carbonyl (C=O) groups excluding carboxylic acids is 1. The molecule has 2 N–H and O–H groups in total. The summed E-state index contributed by atoms with van der Waals surface area (Å²) in [5, 5.41) is 0. The molecule has 0 spiro atoms. The molecule has 1 saturated heterocycles. The van der Waals surface area contributed by atoms with Gasteiger partial charge in [0.05, 0.1) is 12.7 Å². The number of nitrogens with two attached hydrogens (primary N) is 1. The van der Waals surface area contributed by atoms with Gasteiger partial charge in [-0.2, -0.15) is 0 Å². The van der Waals surface area contributed by atoms with Gasteiger partial charge in [-0.05, 0) is 31.7 Å². The lowest BCUT2D eigenvalue weighted by Crippen LogP contribution is -2.41. The van der Waals surface area contributed by atoms with E-state index < -0.39 is 0 Å². The van der Waals surface area contributed by atoms with E-state index in [0.717, 1.165) is 32.4 Å². The fraction of sp³-hybridized carbons (Fsp3) is 0.588. The van der Waals surface area contributed by atoms with Crippen LogP contribution in [0, 0.1) is 0 Å². The van der Waals surface area contributed by atoms with E-state index >= 15 is 0 Å². The second-order valence-corrected chi connectivity index (χ2v) is 5.89. The third kappa shape index (κ3) is 5.48. The smallest absolute Gasteiger partial charge is 0.222 e. The average molecular weight is 290 g/mol. The monoisotopic (exact) mass is 290 g/mol. The lowest BCUT2D eigenvalue weighted by atomic mass is 10.1. The second kappa shape index (κ2) is 8.15. The minimum Gasteiger partial charge on any atom is -0.373 e. The van der Waals surface area contributed by atoms with Crippen LogP contribution in [0.2, 0.25) is 0 Å². The van der Waals surface area contributed by atoms with Gasteiger partial charge in [-0.1, -0.05) is 30.3 Å². The molecule has 1 fully saturated rings. The molecule has 0 bridgehead atoms.